The number of hydrogen-bond donors (Lipinski definition) is 1. The highest BCUT2D eigenvalue weighted by atomic mass is 32.2. The van der Waals surface area contributed by atoms with E-state index in [1.54, 1.807) is 6.07 Å². The van der Waals surface area contributed by atoms with Crippen molar-refractivity contribution in [2.45, 2.75) is 30.6 Å². The van der Waals surface area contributed by atoms with Crippen molar-refractivity contribution < 1.29 is 12.8 Å². The molecule has 0 aromatic heterocycles. The van der Waals surface area contributed by atoms with Crippen LogP contribution < -0.4 is 4.72 Å². The van der Waals surface area contributed by atoms with Crippen LogP contribution in [0.4, 0.5) is 4.39 Å². The lowest BCUT2D eigenvalue weighted by atomic mass is 10.2. The summed E-state index contributed by atoms with van der Waals surface area (Å²) in [5.74, 6) is 0.0516. The van der Waals surface area contributed by atoms with Crippen LogP contribution in [0.25, 0.3) is 0 Å². The van der Waals surface area contributed by atoms with Gasteiger partial charge in [-0.25, -0.2) is 17.5 Å². The molecule has 0 saturated heterocycles. The Morgan fingerprint density at radius 1 is 1.42 bits per heavy atom. The highest BCUT2D eigenvalue weighted by Gasteiger charge is 2.21. The van der Waals surface area contributed by atoms with Crippen LogP contribution in [0, 0.1) is 23.1 Å². The summed E-state index contributed by atoms with van der Waals surface area (Å²) in [5.41, 5.74) is -0.263. The fourth-order valence-corrected chi connectivity index (χ4v) is 2.94. The Labute approximate surface area is 112 Å². The minimum atomic E-state index is -3.65. The monoisotopic (exact) mass is 282 g/mol. The van der Waals surface area contributed by atoms with Crippen molar-refractivity contribution in [2.75, 3.05) is 6.54 Å². The van der Waals surface area contributed by atoms with Gasteiger partial charge in [-0.05, 0) is 37.0 Å². The molecule has 0 amide bonds. The third-order valence-corrected chi connectivity index (χ3v) is 4.61. The summed E-state index contributed by atoms with van der Waals surface area (Å²) in [6.07, 6.45) is 4.33. The Bertz CT molecular complexity index is 604. The van der Waals surface area contributed by atoms with E-state index >= 15 is 0 Å². The van der Waals surface area contributed by atoms with E-state index in [1.807, 2.05) is 0 Å². The smallest absolute Gasteiger partial charge is 0.211 e. The highest BCUT2D eigenvalue weighted by molar-refractivity contribution is 7.89. The van der Waals surface area contributed by atoms with E-state index in [4.69, 9.17) is 5.26 Å². The van der Waals surface area contributed by atoms with Gasteiger partial charge in [0.15, 0.2) is 0 Å². The van der Waals surface area contributed by atoms with E-state index in [-0.39, 0.29) is 10.5 Å². The normalized spacial score (nSPS) is 15.2. The van der Waals surface area contributed by atoms with Crippen molar-refractivity contribution in [3.63, 3.8) is 0 Å². The Morgan fingerprint density at radius 3 is 2.79 bits per heavy atom. The maximum absolute atomic E-state index is 13.1. The van der Waals surface area contributed by atoms with Gasteiger partial charge in [0.1, 0.15) is 11.9 Å². The summed E-state index contributed by atoms with van der Waals surface area (Å²) in [7, 11) is -3.65. The standard InChI is InChI=1S/C13H15FN2O2S/c14-13-6-5-12(8-11(13)9-15)19(17,18)16-7-1-2-10-3-4-10/h5-6,8,10,16H,1-4,7H2. The zero-order chi connectivity index (χ0) is 13.9. The SMILES string of the molecule is N#Cc1cc(S(=O)(=O)NCCCC2CC2)ccc1F. The molecule has 1 aliphatic rings. The van der Waals surface area contributed by atoms with Crippen LogP contribution in [-0.4, -0.2) is 15.0 Å². The first kappa shape index (κ1) is 14.0. The summed E-state index contributed by atoms with van der Waals surface area (Å²) in [5, 5.41) is 8.69. The zero-order valence-electron chi connectivity index (χ0n) is 10.4. The summed E-state index contributed by atoms with van der Waals surface area (Å²) in [6.45, 7) is 0.373. The molecule has 0 atom stereocenters. The number of sulfonamides is 1. The third kappa shape index (κ3) is 3.75. The molecule has 0 radical (unpaired) electrons. The number of nitrogens with zero attached hydrogens (tertiary/aromatic N) is 1. The average Bonchev–Trinajstić information content (AvgIpc) is 3.19. The van der Waals surface area contributed by atoms with E-state index < -0.39 is 15.8 Å². The van der Waals surface area contributed by atoms with Crippen LogP contribution in [0.3, 0.4) is 0 Å². The molecule has 6 heteroatoms. The molecule has 1 aromatic rings. The molecule has 1 saturated carbocycles. The number of benzene rings is 1. The van der Waals surface area contributed by atoms with Crippen LogP contribution in [0.2, 0.25) is 0 Å². The van der Waals surface area contributed by atoms with E-state index in [0.717, 1.165) is 30.9 Å². The second kappa shape index (κ2) is 5.68. The quantitative estimate of drug-likeness (QED) is 0.813. The van der Waals surface area contributed by atoms with Gasteiger partial charge >= 0.3 is 0 Å². The number of hydrogen-bond acceptors (Lipinski definition) is 3. The van der Waals surface area contributed by atoms with Crippen LogP contribution in [0.15, 0.2) is 23.1 Å². The summed E-state index contributed by atoms with van der Waals surface area (Å²) >= 11 is 0. The largest absolute Gasteiger partial charge is 0.240 e. The molecule has 0 bridgehead atoms. The van der Waals surface area contributed by atoms with E-state index in [9.17, 15) is 12.8 Å². The van der Waals surface area contributed by atoms with E-state index in [0.29, 0.717) is 6.54 Å². The van der Waals surface area contributed by atoms with Crippen molar-refractivity contribution >= 4 is 10.0 Å². The van der Waals surface area contributed by atoms with Crippen molar-refractivity contribution in [2.24, 2.45) is 5.92 Å². The van der Waals surface area contributed by atoms with E-state index in [1.165, 1.54) is 18.9 Å². The Hall–Kier alpha value is -1.45. The molecule has 2 rings (SSSR count). The predicted molar refractivity (Wildman–Crippen MR) is 68.3 cm³/mol. The van der Waals surface area contributed by atoms with Gasteiger partial charge in [-0.2, -0.15) is 5.26 Å². The van der Waals surface area contributed by atoms with Gasteiger partial charge in [-0.3, -0.25) is 0 Å². The number of nitriles is 1. The lowest BCUT2D eigenvalue weighted by molar-refractivity contribution is 0.571. The van der Waals surface area contributed by atoms with Crippen LogP contribution >= 0.6 is 0 Å². The van der Waals surface area contributed by atoms with Gasteiger partial charge in [-0.1, -0.05) is 12.8 Å². The molecule has 0 heterocycles. The summed E-state index contributed by atoms with van der Waals surface area (Å²) < 4.78 is 39.5. The van der Waals surface area contributed by atoms with Crippen LogP contribution in [-0.2, 0) is 10.0 Å². The molecular weight excluding hydrogens is 267 g/mol. The van der Waals surface area contributed by atoms with Gasteiger partial charge in [0.05, 0.1) is 10.5 Å². The van der Waals surface area contributed by atoms with Crippen molar-refractivity contribution in [3.05, 3.63) is 29.6 Å². The number of halogens is 1. The molecule has 0 spiro atoms. The topological polar surface area (TPSA) is 70.0 Å². The fraction of sp³-hybridized carbons (Fsp3) is 0.462. The van der Waals surface area contributed by atoms with Crippen LogP contribution in [0.1, 0.15) is 31.2 Å². The van der Waals surface area contributed by atoms with Gasteiger partial charge in [-0.15, -0.1) is 0 Å². The molecule has 0 aliphatic heterocycles. The lowest BCUT2D eigenvalue weighted by Crippen LogP contribution is -2.25. The predicted octanol–water partition coefficient (Wildman–Crippen LogP) is 2.17. The first-order valence-corrected chi connectivity index (χ1v) is 7.70. The third-order valence-electron chi connectivity index (χ3n) is 3.15. The lowest BCUT2D eigenvalue weighted by Gasteiger charge is -2.07. The Kier molecular flexibility index (Phi) is 4.17. The molecule has 1 aromatic carbocycles. The number of nitrogens with one attached hydrogen (secondary N) is 1. The second-order valence-corrected chi connectivity index (χ2v) is 6.50. The van der Waals surface area contributed by atoms with Gasteiger partial charge in [0.2, 0.25) is 10.0 Å². The molecule has 0 unspecified atom stereocenters. The summed E-state index contributed by atoms with van der Waals surface area (Å²) in [4.78, 5) is -0.0723. The second-order valence-electron chi connectivity index (χ2n) is 4.74. The maximum atomic E-state index is 13.1. The molecule has 4 nitrogen and oxygen atoms in total. The molecule has 1 N–H and O–H groups in total. The van der Waals surface area contributed by atoms with Crippen LogP contribution in [0.5, 0.6) is 0 Å². The molecule has 1 aliphatic carbocycles. The first-order chi connectivity index (χ1) is 9.03. The molecule has 19 heavy (non-hydrogen) atoms. The zero-order valence-corrected chi connectivity index (χ0v) is 11.2. The number of rotatable bonds is 6. The minimum Gasteiger partial charge on any atom is -0.211 e. The molecular formula is C13H15FN2O2S. The summed E-state index contributed by atoms with van der Waals surface area (Å²) in [6, 6.07) is 4.85. The molecule has 102 valence electrons. The van der Waals surface area contributed by atoms with E-state index in [2.05, 4.69) is 4.72 Å². The first-order valence-electron chi connectivity index (χ1n) is 6.22. The van der Waals surface area contributed by atoms with Gasteiger partial charge < -0.3 is 0 Å². The fourth-order valence-electron chi connectivity index (χ4n) is 1.84. The average molecular weight is 282 g/mol. The highest BCUT2D eigenvalue weighted by Crippen LogP contribution is 2.33. The van der Waals surface area contributed by atoms with Gasteiger partial charge in [0, 0.05) is 6.54 Å². The minimum absolute atomic E-state index is 0.0723. The van der Waals surface area contributed by atoms with Crippen molar-refractivity contribution in [1.82, 2.24) is 4.72 Å². The molecule has 1 fully saturated rings. The van der Waals surface area contributed by atoms with Gasteiger partial charge in [0.25, 0.3) is 0 Å². The Balaban J connectivity index is 1.99. The Morgan fingerprint density at radius 2 is 2.16 bits per heavy atom. The maximum Gasteiger partial charge on any atom is 0.240 e. The van der Waals surface area contributed by atoms with Crippen molar-refractivity contribution in [1.29, 1.82) is 5.26 Å². The van der Waals surface area contributed by atoms with Crippen molar-refractivity contribution in [3.8, 4) is 6.07 Å².